The summed E-state index contributed by atoms with van der Waals surface area (Å²) in [6.07, 6.45) is -3.50. The lowest BCUT2D eigenvalue weighted by Crippen LogP contribution is -2.11. The van der Waals surface area contributed by atoms with Crippen molar-refractivity contribution in [2.45, 2.75) is 19.6 Å². The molecule has 8 heteroatoms. The second kappa shape index (κ2) is 6.86. The van der Waals surface area contributed by atoms with E-state index in [9.17, 15) is 22.4 Å². The standard InChI is InChI=1S/C19H14F4N2O2/c1-11-4-2-5-12(8-11)15-10-25(24-17(15)19(21,22)23)9-13-6-3-7-14(16(13)20)18(26)27/h2-8,10H,9H2,1H3,(H,26,27). The number of benzene rings is 2. The third-order valence-electron chi connectivity index (χ3n) is 4.00. The van der Waals surface area contributed by atoms with Gasteiger partial charge >= 0.3 is 12.1 Å². The summed E-state index contributed by atoms with van der Waals surface area (Å²) in [5.74, 6) is -2.45. The van der Waals surface area contributed by atoms with Gasteiger partial charge in [-0.25, -0.2) is 9.18 Å². The van der Waals surface area contributed by atoms with Crippen LogP contribution < -0.4 is 0 Å². The summed E-state index contributed by atoms with van der Waals surface area (Å²) in [6, 6.07) is 10.3. The van der Waals surface area contributed by atoms with Crippen LogP contribution in [0, 0.1) is 12.7 Å². The Morgan fingerprint density at radius 3 is 2.52 bits per heavy atom. The van der Waals surface area contributed by atoms with Crippen LogP contribution in [0.15, 0.2) is 48.7 Å². The zero-order valence-corrected chi connectivity index (χ0v) is 14.1. The Morgan fingerprint density at radius 1 is 1.19 bits per heavy atom. The van der Waals surface area contributed by atoms with Crippen molar-refractivity contribution in [3.63, 3.8) is 0 Å². The van der Waals surface area contributed by atoms with Crippen LogP contribution >= 0.6 is 0 Å². The molecule has 0 radical (unpaired) electrons. The highest BCUT2D eigenvalue weighted by Gasteiger charge is 2.37. The van der Waals surface area contributed by atoms with E-state index in [4.69, 9.17) is 5.11 Å². The fourth-order valence-electron chi connectivity index (χ4n) is 2.78. The van der Waals surface area contributed by atoms with E-state index in [2.05, 4.69) is 5.10 Å². The van der Waals surface area contributed by atoms with Crippen LogP contribution in [0.5, 0.6) is 0 Å². The minimum atomic E-state index is -4.69. The summed E-state index contributed by atoms with van der Waals surface area (Å²) in [6.45, 7) is 1.43. The number of hydrogen-bond acceptors (Lipinski definition) is 2. The number of carboxylic acid groups (broad SMARTS) is 1. The number of aryl methyl sites for hydroxylation is 1. The van der Waals surface area contributed by atoms with Crippen LogP contribution in [0.3, 0.4) is 0 Å². The van der Waals surface area contributed by atoms with Crippen LogP contribution in [0.2, 0.25) is 0 Å². The Labute approximate surface area is 151 Å². The van der Waals surface area contributed by atoms with Crippen LogP contribution in [-0.4, -0.2) is 20.9 Å². The first kappa shape index (κ1) is 18.6. The minimum Gasteiger partial charge on any atom is -0.478 e. The minimum absolute atomic E-state index is 0.0677. The number of carbonyl (C=O) groups is 1. The molecule has 27 heavy (non-hydrogen) atoms. The highest BCUT2D eigenvalue weighted by atomic mass is 19.4. The lowest BCUT2D eigenvalue weighted by molar-refractivity contribution is -0.141. The zero-order chi connectivity index (χ0) is 19.8. The molecule has 3 aromatic rings. The Kier molecular flexibility index (Phi) is 4.73. The Morgan fingerprint density at radius 2 is 1.89 bits per heavy atom. The van der Waals surface area contributed by atoms with Crippen molar-refractivity contribution in [3.05, 3.63) is 76.9 Å². The molecule has 1 heterocycles. The molecule has 0 bridgehead atoms. The van der Waals surface area contributed by atoms with Crippen LogP contribution in [-0.2, 0) is 12.7 Å². The number of carboxylic acids is 1. The first-order chi connectivity index (χ1) is 12.7. The van der Waals surface area contributed by atoms with Gasteiger partial charge in [-0.3, -0.25) is 4.68 Å². The van der Waals surface area contributed by atoms with Gasteiger partial charge in [0, 0.05) is 17.3 Å². The number of hydrogen-bond donors (Lipinski definition) is 1. The predicted molar refractivity (Wildman–Crippen MR) is 89.9 cm³/mol. The summed E-state index contributed by atoms with van der Waals surface area (Å²) in [5.41, 5.74) is -0.692. The van der Waals surface area contributed by atoms with E-state index in [1.165, 1.54) is 24.4 Å². The molecular formula is C19H14F4N2O2. The van der Waals surface area contributed by atoms with Gasteiger partial charge in [0.25, 0.3) is 0 Å². The van der Waals surface area contributed by atoms with E-state index in [0.717, 1.165) is 16.3 Å². The van der Waals surface area contributed by atoms with Gasteiger partial charge in [-0.2, -0.15) is 18.3 Å². The van der Waals surface area contributed by atoms with E-state index in [1.807, 2.05) is 0 Å². The number of alkyl halides is 3. The topological polar surface area (TPSA) is 55.1 Å². The maximum atomic E-state index is 14.3. The largest absolute Gasteiger partial charge is 0.478 e. The van der Waals surface area contributed by atoms with Crippen molar-refractivity contribution < 1.29 is 27.5 Å². The molecule has 1 aromatic heterocycles. The van der Waals surface area contributed by atoms with E-state index in [-0.39, 0.29) is 17.7 Å². The molecular weight excluding hydrogens is 364 g/mol. The third-order valence-corrected chi connectivity index (χ3v) is 4.00. The maximum absolute atomic E-state index is 14.3. The average Bonchev–Trinajstić information content (AvgIpc) is 3.01. The SMILES string of the molecule is Cc1cccc(-c2cn(Cc3cccc(C(=O)O)c3F)nc2C(F)(F)F)c1. The van der Waals surface area contributed by atoms with Crippen molar-refractivity contribution in [2.24, 2.45) is 0 Å². The summed E-state index contributed by atoms with van der Waals surface area (Å²) in [5, 5.41) is 12.6. The van der Waals surface area contributed by atoms with Crippen molar-refractivity contribution in [1.82, 2.24) is 9.78 Å². The Hall–Kier alpha value is -3.16. The smallest absolute Gasteiger partial charge is 0.435 e. The second-order valence-electron chi connectivity index (χ2n) is 6.04. The number of nitrogens with zero attached hydrogens (tertiary/aromatic N) is 2. The van der Waals surface area contributed by atoms with Crippen LogP contribution in [0.1, 0.15) is 27.2 Å². The molecule has 3 rings (SSSR count). The van der Waals surface area contributed by atoms with Crippen molar-refractivity contribution >= 4 is 5.97 Å². The summed E-state index contributed by atoms with van der Waals surface area (Å²) in [4.78, 5) is 11.0. The molecule has 0 aliphatic rings. The molecule has 0 aliphatic carbocycles. The van der Waals surface area contributed by atoms with Gasteiger partial charge in [0.15, 0.2) is 5.69 Å². The quantitative estimate of drug-likeness (QED) is 0.666. The molecule has 140 valence electrons. The summed E-state index contributed by atoms with van der Waals surface area (Å²) < 4.78 is 55.5. The Bertz CT molecular complexity index is 1010. The first-order valence-corrected chi connectivity index (χ1v) is 7.89. The predicted octanol–water partition coefficient (Wildman–Crippen LogP) is 4.76. The van der Waals surface area contributed by atoms with Gasteiger partial charge in [-0.15, -0.1) is 0 Å². The number of aromatic carboxylic acids is 1. The summed E-state index contributed by atoms with van der Waals surface area (Å²) in [7, 11) is 0. The number of aromatic nitrogens is 2. The average molecular weight is 378 g/mol. The van der Waals surface area contributed by atoms with Crippen LogP contribution in [0.4, 0.5) is 17.6 Å². The lowest BCUT2D eigenvalue weighted by atomic mass is 10.0. The molecule has 0 aliphatic heterocycles. The molecule has 0 saturated heterocycles. The van der Waals surface area contributed by atoms with E-state index < -0.39 is 29.2 Å². The molecule has 0 spiro atoms. The maximum Gasteiger partial charge on any atom is 0.435 e. The van der Waals surface area contributed by atoms with Gasteiger partial charge in [-0.1, -0.05) is 42.0 Å². The Balaban J connectivity index is 2.06. The molecule has 0 fully saturated rings. The molecule has 0 unspecified atom stereocenters. The molecule has 0 atom stereocenters. The molecule has 4 nitrogen and oxygen atoms in total. The van der Waals surface area contributed by atoms with Gasteiger partial charge in [0.05, 0.1) is 12.1 Å². The van der Waals surface area contributed by atoms with Gasteiger partial charge in [0.2, 0.25) is 0 Å². The van der Waals surface area contributed by atoms with Crippen molar-refractivity contribution in [3.8, 4) is 11.1 Å². The highest BCUT2D eigenvalue weighted by molar-refractivity contribution is 5.88. The van der Waals surface area contributed by atoms with E-state index in [1.54, 1.807) is 25.1 Å². The molecule has 0 amide bonds. The fraction of sp³-hybridized carbons (Fsp3) is 0.158. The number of rotatable bonds is 4. The van der Waals surface area contributed by atoms with Gasteiger partial charge < -0.3 is 5.11 Å². The van der Waals surface area contributed by atoms with E-state index in [0.29, 0.717) is 5.56 Å². The second-order valence-corrected chi connectivity index (χ2v) is 6.04. The van der Waals surface area contributed by atoms with Crippen molar-refractivity contribution in [2.75, 3.05) is 0 Å². The van der Waals surface area contributed by atoms with E-state index >= 15 is 0 Å². The molecule has 0 saturated carbocycles. The monoisotopic (exact) mass is 378 g/mol. The lowest BCUT2D eigenvalue weighted by Gasteiger charge is -2.07. The zero-order valence-electron chi connectivity index (χ0n) is 14.1. The van der Waals surface area contributed by atoms with Crippen molar-refractivity contribution in [1.29, 1.82) is 0 Å². The van der Waals surface area contributed by atoms with Crippen LogP contribution in [0.25, 0.3) is 11.1 Å². The fourth-order valence-corrected chi connectivity index (χ4v) is 2.78. The number of halogens is 4. The highest BCUT2D eigenvalue weighted by Crippen LogP contribution is 2.36. The molecule has 2 aromatic carbocycles. The third kappa shape index (κ3) is 3.84. The first-order valence-electron chi connectivity index (χ1n) is 7.89. The normalized spacial score (nSPS) is 11.6. The summed E-state index contributed by atoms with van der Waals surface area (Å²) >= 11 is 0. The molecule has 1 N–H and O–H groups in total. The van der Waals surface area contributed by atoms with Gasteiger partial charge in [-0.05, 0) is 18.6 Å². The van der Waals surface area contributed by atoms with Gasteiger partial charge in [0.1, 0.15) is 5.82 Å².